The summed E-state index contributed by atoms with van der Waals surface area (Å²) in [6.07, 6.45) is 5.22. The van der Waals surface area contributed by atoms with Gasteiger partial charge in [0, 0.05) is 47.9 Å². The lowest BCUT2D eigenvalue weighted by atomic mass is 10.0. The minimum Gasteiger partial charge on any atom is -0.455 e. The third kappa shape index (κ3) is 4.90. The number of amides is 1. The molecule has 0 saturated heterocycles. The van der Waals surface area contributed by atoms with Crippen molar-refractivity contribution in [2.45, 2.75) is 46.8 Å². The number of nitrogens with zero attached hydrogens (tertiary/aromatic N) is 4. The molecule has 5 aromatic rings. The van der Waals surface area contributed by atoms with E-state index in [1.165, 1.54) is 4.57 Å². The Morgan fingerprint density at radius 1 is 1.21 bits per heavy atom. The normalized spacial score (nSPS) is 11.9. The fraction of sp³-hybridized carbons (Fsp3) is 0.310. The second-order valence-electron chi connectivity index (χ2n) is 10.5. The molecule has 202 valence electrons. The fourth-order valence-corrected chi connectivity index (χ4v) is 4.76. The minimum atomic E-state index is -0.982. The zero-order valence-electron chi connectivity index (χ0n) is 22.9. The summed E-state index contributed by atoms with van der Waals surface area (Å²) in [5.74, 6) is 0.892. The minimum absolute atomic E-state index is 0.251. The number of aliphatic hydroxyl groups is 1. The highest BCUT2D eigenvalue weighted by atomic mass is 16.5. The summed E-state index contributed by atoms with van der Waals surface area (Å²) in [6, 6.07) is 7.43. The topological polar surface area (TPSA) is 127 Å². The molecular formula is C29H32N6O4. The van der Waals surface area contributed by atoms with E-state index in [4.69, 9.17) is 4.74 Å². The molecule has 0 unspecified atom stereocenters. The zero-order valence-corrected chi connectivity index (χ0v) is 22.9. The Labute approximate surface area is 225 Å². The van der Waals surface area contributed by atoms with Gasteiger partial charge in [-0.05, 0) is 64.4 Å². The van der Waals surface area contributed by atoms with Crippen molar-refractivity contribution in [2.24, 2.45) is 7.05 Å². The molecule has 4 heterocycles. The van der Waals surface area contributed by atoms with Gasteiger partial charge in [-0.1, -0.05) is 0 Å². The Bertz CT molecular complexity index is 1770. The first-order chi connectivity index (χ1) is 18.5. The van der Waals surface area contributed by atoms with Gasteiger partial charge in [-0.25, -0.2) is 0 Å². The van der Waals surface area contributed by atoms with Gasteiger partial charge in [-0.2, -0.15) is 5.10 Å². The summed E-state index contributed by atoms with van der Waals surface area (Å²) < 4.78 is 9.76. The van der Waals surface area contributed by atoms with Gasteiger partial charge in [-0.15, -0.1) is 0 Å². The molecule has 0 radical (unpaired) electrons. The number of ether oxygens (including phenoxy) is 1. The summed E-state index contributed by atoms with van der Waals surface area (Å²) in [5, 5.41) is 19.2. The van der Waals surface area contributed by atoms with Crippen LogP contribution in [0, 0.1) is 13.8 Å². The van der Waals surface area contributed by atoms with E-state index in [-0.39, 0.29) is 18.0 Å². The summed E-state index contributed by atoms with van der Waals surface area (Å²) >= 11 is 0. The van der Waals surface area contributed by atoms with Crippen molar-refractivity contribution in [3.63, 3.8) is 0 Å². The highest BCUT2D eigenvalue weighted by molar-refractivity contribution is 6.04. The summed E-state index contributed by atoms with van der Waals surface area (Å²) in [5.41, 5.74) is 3.24. The van der Waals surface area contributed by atoms with Crippen molar-refractivity contribution < 1.29 is 14.6 Å². The maximum atomic E-state index is 13.1. The second kappa shape index (κ2) is 9.70. The number of pyridine rings is 2. The van der Waals surface area contributed by atoms with Crippen LogP contribution in [-0.2, 0) is 13.6 Å². The standard InChI is InChI=1S/C29H32N6O4/c1-7-30-27(36)22-11-20-21(14-34(6)28(37)25(20)33-22)19-12-23-18(13-32-35(23)15-29(4,5)38)10-24(19)39-26-16(2)8-9-31-17(26)3/h8-14,33,38H,7,15H2,1-6H3,(H,30,36). The van der Waals surface area contributed by atoms with Crippen LogP contribution in [0.5, 0.6) is 11.5 Å². The van der Waals surface area contributed by atoms with Crippen LogP contribution in [0.2, 0.25) is 0 Å². The smallest absolute Gasteiger partial charge is 0.274 e. The lowest BCUT2D eigenvalue weighted by Crippen LogP contribution is -2.26. The average molecular weight is 529 g/mol. The molecule has 4 aromatic heterocycles. The van der Waals surface area contributed by atoms with Crippen molar-refractivity contribution in [1.29, 1.82) is 0 Å². The SMILES string of the molecule is CCNC(=O)c1cc2c(-c3cc4c(cnn4CC(C)(C)O)cc3Oc3c(C)ccnc3C)cn(C)c(=O)c2[nH]1. The first-order valence-corrected chi connectivity index (χ1v) is 12.8. The third-order valence-electron chi connectivity index (χ3n) is 6.61. The second-order valence-corrected chi connectivity index (χ2v) is 10.5. The van der Waals surface area contributed by atoms with Gasteiger partial charge in [0.25, 0.3) is 11.5 Å². The van der Waals surface area contributed by atoms with Gasteiger partial charge in [0.05, 0.1) is 29.6 Å². The molecule has 0 aliphatic heterocycles. The number of aromatic nitrogens is 5. The third-order valence-corrected chi connectivity index (χ3v) is 6.61. The number of hydrogen-bond donors (Lipinski definition) is 3. The van der Waals surface area contributed by atoms with Crippen molar-refractivity contribution in [1.82, 2.24) is 29.6 Å². The highest BCUT2D eigenvalue weighted by Gasteiger charge is 2.22. The number of carbonyl (C=O) groups excluding carboxylic acids is 1. The van der Waals surface area contributed by atoms with Crippen LogP contribution in [0.3, 0.4) is 0 Å². The van der Waals surface area contributed by atoms with Gasteiger partial charge < -0.3 is 24.7 Å². The first kappa shape index (κ1) is 26.2. The van der Waals surface area contributed by atoms with Crippen LogP contribution in [0.15, 0.2) is 47.7 Å². The molecule has 39 heavy (non-hydrogen) atoms. The monoisotopic (exact) mass is 528 g/mol. The highest BCUT2D eigenvalue weighted by Crippen LogP contribution is 2.41. The number of fused-ring (bicyclic) bond motifs is 2. The average Bonchev–Trinajstić information content (AvgIpc) is 3.47. The van der Waals surface area contributed by atoms with Gasteiger partial charge in [0.1, 0.15) is 17.0 Å². The van der Waals surface area contributed by atoms with E-state index < -0.39 is 5.60 Å². The molecule has 1 amide bonds. The number of H-pyrrole nitrogens is 1. The van der Waals surface area contributed by atoms with Gasteiger partial charge in [0.15, 0.2) is 5.75 Å². The lowest BCUT2D eigenvalue weighted by Gasteiger charge is -2.19. The molecule has 0 fully saturated rings. The molecule has 10 nitrogen and oxygen atoms in total. The Balaban J connectivity index is 1.80. The quantitative estimate of drug-likeness (QED) is 0.290. The molecule has 0 aliphatic carbocycles. The van der Waals surface area contributed by atoms with Gasteiger partial charge >= 0.3 is 0 Å². The van der Waals surface area contributed by atoms with Gasteiger partial charge in [0.2, 0.25) is 0 Å². The van der Waals surface area contributed by atoms with E-state index in [9.17, 15) is 14.7 Å². The number of aryl methyl sites for hydroxylation is 3. The summed E-state index contributed by atoms with van der Waals surface area (Å²) in [4.78, 5) is 33.1. The molecule has 0 saturated carbocycles. The fourth-order valence-electron chi connectivity index (χ4n) is 4.76. The summed E-state index contributed by atoms with van der Waals surface area (Å²) in [7, 11) is 1.67. The van der Waals surface area contributed by atoms with E-state index in [1.807, 2.05) is 39.0 Å². The van der Waals surface area contributed by atoms with E-state index in [1.54, 1.807) is 50.2 Å². The van der Waals surface area contributed by atoms with Crippen LogP contribution >= 0.6 is 0 Å². The van der Waals surface area contributed by atoms with Crippen LogP contribution in [0.25, 0.3) is 32.9 Å². The van der Waals surface area contributed by atoms with Crippen LogP contribution < -0.4 is 15.6 Å². The van der Waals surface area contributed by atoms with Crippen molar-refractivity contribution in [3.05, 3.63) is 70.2 Å². The molecule has 0 bridgehead atoms. The largest absolute Gasteiger partial charge is 0.455 e. The number of aromatic amines is 1. The van der Waals surface area contributed by atoms with Crippen molar-refractivity contribution >= 4 is 27.7 Å². The number of hydrogen-bond acceptors (Lipinski definition) is 6. The molecule has 3 N–H and O–H groups in total. The van der Waals surface area contributed by atoms with E-state index >= 15 is 0 Å². The number of rotatable bonds is 7. The van der Waals surface area contributed by atoms with Gasteiger partial charge in [-0.3, -0.25) is 19.3 Å². The van der Waals surface area contributed by atoms with E-state index in [0.717, 1.165) is 22.2 Å². The Morgan fingerprint density at radius 3 is 2.67 bits per heavy atom. The molecule has 1 aromatic carbocycles. The van der Waals surface area contributed by atoms with E-state index in [0.29, 0.717) is 45.8 Å². The van der Waals surface area contributed by atoms with Crippen LogP contribution in [0.4, 0.5) is 0 Å². The Morgan fingerprint density at radius 2 is 1.97 bits per heavy atom. The van der Waals surface area contributed by atoms with Crippen LogP contribution in [0.1, 0.15) is 42.5 Å². The molecule has 0 atom stereocenters. The van der Waals surface area contributed by atoms with Crippen molar-refractivity contribution in [3.8, 4) is 22.6 Å². The molecular weight excluding hydrogens is 496 g/mol. The lowest BCUT2D eigenvalue weighted by molar-refractivity contribution is 0.0591. The summed E-state index contributed by atoms with van der Waals surface area (Å²) in [6.45, 7) is 9.88. The number of carbonyl (C=O) groups is 1. The number of nitrogens with one attached hydrogen (secondary N) is 2. The van der Waals surface area contributed by atoms with Crippen molar-refractivity contribution in [2.75, 3.05) is 6.54 Å². The molecule has 0 spiro atoms. The molecule has 0 aliphatic rings. The Hall–Kier alpha value is -4.44. The predicted molar refractivity (Wildman–Crippen MR) is 150 cm³/mol. The first-order valence-electron chi connectivity index (χ1n) is 12.8. The van der Waals surface area contributed by atoms with Crippen LogP contribution in [-0.4, -0.2) is 47.5 Å². The number of benzene rings is 1. The predicted octanol–water partition coefficient (Wildman–Crippen LogP) is 4.21. The zero-order chi connectivity index (χ0) is 28.1. The maximum Gasteiger partial charge on any atom is 0.274 e. The molecule has 10 heteroatoms. The Kier molecular flexibility index (Phi) is 6.51. The maximum absolute atomic E-state index is 13.1. The molecule has 5 rings (SSSR count). The van der Waals surface area contributed by atoms with E-state index in [2.05, 4.69) is 20.4 Å².